The molecule has 2 aromatic rings. The Morgan fingerprint density at radius 1 is 1.06 bits per heavy atom. The Bertz CT molecular complexity index is 1070. The molecule has 0 aromatic heterocycles. The standard InChI is InChI=1S/C26H27NO5/c1-31-23(29)20-7-8-22-19(13-20)9-10-26(22)17-25(14-21(28)15-25)11-12-27(26)24(30)32-16-18-5-3-2-4-6-18/h2-8,13H,9-12,14-17H2,1H3. The molecule has 2 aromatic carbocycles. The minimum atomic E-state index is -0.503. The Morgan fingerprint density at radius 3 is 2.56 bits per heavy atom. The van der Waals surface area contributed by atoms with Crippen LogP contribution in [0.3, 0.4) is 0 Å². The van der Waals surface area contributed by atoms with Gasteiger partial charge in [0.25, 0.3) is 0 Å². The molecule has 1 amide bonds. The number of ether oxygens (including phenoxy) is 2. The maximum Gasteiger partial charge on any atom is 0.410 e. The van der Waals surface area contributed by atoms with E-state index in [0.717, 1.165) is 42.4 Å². The van der Waals surface area contributed by atoms with Crippen LogP contribution in [0.1, 0.15) is 59.2 Å². The predicted octanol–water partition coefficient (Wildman–Crippen LogP) is 4.40. The molecule has 0 radical (unpaired) electrons. The quantitative estimate of drug-likeness (QED) is 0.671. The number of fused-ring (bicyclic) bond motifs is 2. The molecular formula is C26H27NO5. The number of esters is 1. The number of methoxy groups -OCH3 is 1. The fourth-order valence-electron chi connectivity index (χ4n) is 5.96. The van der Waals surface area contributed by atoms with Crippen molar-refractivity contribution in [3.63, 3.8) is 0 Å². The lowest BCUT2D eigenvalue weighted by molar-refractivity contribution is -0.140. The van der Waals surface area contributed by atoms with Gasteiger partial charge in [-0.05, 0) is 59.9 Å². The van der Waals surface area contributed by atoms with Crippen LogP contribution in [0.15, 0.2) is 48.5 Å². The summed E-state index contributed by atoms with van der Waals surface area (Å²) in [7, 11) is 1.38. The first-order chi connectivity index (χ1) is 15.4. The van der Waals surface area contributed by atoms with Crippen LogP contribution in [0.5, 0.6) is 0 Å². The first kappa shape index (κ1) is 20.7. The third-order valence-corrected chi connectivity index (χ3v) is 7.46. The summed E-state index contributed by atoms with van der Waals surface area (Å²) in [5.41, 5.74) is 3.07. The second kappa shape index (κ2) is 7.76. The number of likely N-dealkylation sites (tertiary alicyclic amines) is 1. The van der Waals surface area contributed by atoms with Crippen molar-refractivity contribution < 1.29 is 23.9 Å². The van der Waals surface area contributed by atoms with Crippen LogP contribution >= 0.6 is 0 Å². The van der Waals surface area contributed by atoms with Gasteiger partial charge >= 0.3 is 12.1 Å². The van der Waals surface area contributed by atoms with Gasteiger partial charge in [0.05, 0.1) is 18.2 Å². The molecule has 3 aliphatic rings. The van der Waals surface area contributed by atoms with Crippen LogP contribution in [-0.2, 0) is 32.8 Å². The molecule has 1 saturated carbocycles. The molecule has 2 fully saturated rings. The fourth-order valence-corrected chi connectivity index (χ4v) is 5.96. The van der Waals surface area contributed by atoms with E-state index in [4.69, 9.17) is 9.47 Å². The highest BCUT2D eigenvalue weighted by atomic mass is 16.6. The number of ketones is 1. The normalized spacial score (nSPS) is 23.0. The summed E-state index contributed by atoms with van der Waals surface area (Å²) in [5.74, 6) is -0.0582. The van der Waals surface area contributed by atoms with Crippen LogP contribution in [-0.4, -0.2) is 36.4 Å². The first-order valence-electron chi connectivity index (χ1n) is 11.2. The molecule has 2 aliphatic carbocycles. The molecule has 1 unspecified atom stereocenters. The number of piperidine rings is 1. The van der Waals surface area contributed by atoms with Gasteiger partial charge in [-0.15, -0.1) is 0 Å². The highest BCUT2D eigenvalue weighted by molar-refractivity contribution is 5.90. The van der Waals surface area contributed by atoms with Crippen molar-refractivity contribution >= 4 is 17.8 Å². The van der Waals surface area contributed by atoms with Crippen LogP contribution in [0.2, 0.25) is 0 Å². The lowest BCUT2D eigenvalue weighted by atomic mass is 9.57. The average molecular weight is 434 g/mol. The minimum Gasteiger partial charge on any atom is -0.465 e. The summed E-state index contributed by atoms with van der Waals surface area (Å²) in [4.78, 5) is 39.1. The van der Waals surface area contributed by atoms with Gasteiger partial charge in [0, 0.05) is 19.4 Å². The molecule has 2 spiro atoms. The van der Waals surface area contributed by atoms with Crippen molar-refractivity contribution in [2.45, 2.75) is 50.7 Å². The molecule has 0 bridgehead atoms. The van der Waals surface area contributed by atoms with Crippen molar-refractivity contribution in [2.24, 2.45) is 5.41 Å². The fraction of sp³-hybridized carbons (Fsp3) is 0.423. The molecule has 5 rings (SSSR count). The topological polar surface area (TPSA) is 72.9 Å². The zero-order valence-electron chi connectivity index (χ0n) is 18.3. The number of carbonyl (C=O) groups is 3. The molecule has 166 valence electrons. The third-order valence-electron chi connectivity index (χ3n) is 7.46. The molecule has 1 aliphatic heterocycles. The monoisotopic (exact) mass is 433 g/mol. The molecule has 6 heteroatoms. The third kappa shape index (κ3) is 3.38. The number of rotatable bonds is 3. The largest absolute Gasteiger partial charge is 0.465 e. The van der Waals surface area contributed by atoms with E-state index in [1.165, 1.54) is 7.11 Å². The molecule has 6 nitrogen and oxygen atoms in total. The second-order valence-corrected chi connectivity index (χ2v) is 9.41. The van der Waals surface area contributed by atoms with Crippen molar-refractivity contribution in [1.82, 2.24) is 4.90 Å². The highest BCUT2D eigenvalue weighted by Gasteiger charge is 2.58. The Kier molecular flexibility index (Phi) is 5.03. The van der Waals surface area contributed by atoms with E-state index >= 15 is 0 Å². The maximum atomic E-state index is 13.3. The molecule has 32 heavy (non-hydrogen) atoms. The highest BCUT2D eigenvalue weighted by Crippen LogP contribution is 2.58. The van der Waals surface area contributed by atoms with Crippen molar-refractivity contribution in [2.75, 3.05) is 13.7 Å². The minimum absolute atomic E-state index is 0.0318. The van der Waals surface area contributed by atoms with Gasteiger partial charge < -0.3 is 9.47 Å². The van der Waals surface area contributed by atoms with E-state index in [9.17, 15) is 14.4 Å². The Labute approximate surface area is 187 Å². The van der Waals surface area contributed by atoms with E-state index in [1.54, 1.807) is 6.07 Å². The van der Waals surface area contributed by atoms with E-state index in [2.05, 4.69) is 0 Å². The maximum absolute atomic E-state index is 13.3. The van der Waals surface area contributed by atoms with E-state index in [-0.39, 0.29) is 24.1 Å². The van der Waals surface area contributed by atoms with Gasteiger partial charge in [0.1, 0.15) is 12.4 Å². The number of Topliss-reactive ketones (excluding diaryl/α,β-unsaturated/α-hetero) is 1. The van der Waals surface area contributed by atoms with Gasteiger partial charge in [0.2, 0.25) is 0 Å². The van der Waals surface area contributed by atoms with Crippen molar-refractivity contribution in [1.29, 1.82) is 0 Å². The number of carbonyl (C=O) groups excluding carboxylic acids is 3. The van der Waals surface area contributed by atoms with Gasteiger partial charge in [-0.2, -0.15) is 0 Å². The zero-order chi connectivity index (χ0) is 22.3. The van der Waals surface area contributed by atoms with E-state index in [1.807, 2.05) is 47.4 Å². The van der Waals surface area contributed by atoms with Crippen LogP contribution in [0.4, 0.5) is 4.79 Å². The molecular weight excluding hydrogens is 406 g/mol. The predicted molar refractivity (Wildman–Crippen MR) is 117 cm³/mol. The number of hydrogen-bond acceptors (Lipinski definition) is 5. The van der Waals surface area contributed by atoms with Crippen LogP contribution in [0.25, 0.3) is 0 Å². The van der Waals surface area contributed by atoms with Crippen molar-refractivity contribution in [3.8, 4) is 0 Å². The Balaban J connectivity index is 1.46. The summed E-state index contributed by atoms with van der Waals surface area (Å²) in [6.45, 7) is 0.795. The summed E-state index contributed by atoms with van der Waals surface area (Å²) >= 11 is 0. The zero-order valence-corrected chi connectivity index (χ0v) is 18.3. The van der Waals surface area contributed by atoms with E-state index in [0.29, 0.717) is 30.7 Å². The van der Waals surface area contributed by atoms with Gasteiger partial charge in [0.15, 0.2) is 0 Å². The smallest absolute Gasteiger partial charge is 0.410 e. The molecule has 1 saturated heterocycles. The van der Waals surface area contributed by atoms with Gasteiger partial charge in [-0.3, -0.25) is 9.69 Å². The second-order valence-electron chi connectivity index (χ2n) is 9.41. The Hall–Kier alpha value is -3.15. The summed E-state index contributed by atoms with van der Waals surface area (Å²) < 4.78 is 10.6. The van der Waals surface area contributed by atoms with Crippen LogP contribution in [0, 0.1) is 5.41 Å². The molecule has 0 N–H and O–H groups in total. The number of amides is 1. The number of aryl methyl sites for hydroxylation is 1. The van der Waals surface area contributed by atoms with E-state index < -0.39 is 5.54 Å². The Morgan fingerprint density at radius 2 is 1.84 bits per heavy atom. The lowest BCUT2D eigenvalue weighted by Gasteiger charge is -2.55. The van der Waals surface area contributed by atoms with Gasteiger partial charge in [-0.25, -0.2) is 9.59 Å². The molecule has 1 atom stereocenters. The SMILES string of the molecule is COC(=O)c1ccc2c(c1)CCC21CC2(CCN1C(=O)OCc1ccccc1)CC(=O)C2. The molecule has 1 heterocycles. The van der Waals surface area contributed by atoms with Gasteiger partial charge in [-0.1, -0.05) is 36.4 Å². The number of nitrogens with zero attached hydrogens (tertiary/aromatic N) is 1. The summed E-state index contributed by atoms with van der Waals surface area (Å²) in [6.07, 6.45) is 3.98. The lowest BCUT2D eigenvalue weighted by Crippen LogP contribution is -2.59. The van der Waals surface area contributed by atoms with Crippen LogP contribution < -0.4 is 0 Å². The summed E-state index contributed by atoms with van der Waals surface area (Å²) in [5, 5.41) is 0. The average Bonchev–Trinajstić information content (AvgIpc) is 3.14. The van der Waals surface area contributed by atoms with Crippen molar-refractivity contribution in [3.05, 3.63) is 70.8 Å². The first-order valence-corrected chi connectivity index (χ1v) is 11.2. The number of hydrogen-bond donors (Lipinski definition) is 0. The summed E-state index contributed by atoms with van der Waals surface area (Å²) in [6, 6.07) is 15.3. The number of benzene rings is 2.